The summed E-state index contributed by atoms with van der Waals surface area (Å²) in [5, 5.41) is 9.04. The van der Waals surface area contributed by atoms with Gasteiger partial charge in [-0.15, -0.1) is 0 Å². The van der Waals surface area contributed by atoms with E-state index in [4.69, 9.17) is 14.8 Å². The van der Waals surface area contributed by atoms with Crippen LogP contribution in [-0.4, -0.2) is 27.6 Å². The summed E-state index contributed by atoms with van der Waals surface area (Å²) < 4.78 is 7.22. The Morgan fingerprint density at radius 3 is 2.61 bits per heavy atom. The van der Waals surface area contributed by atoms with Crippen molar-refractivity contribution in [2.24, 2.45) is 0 Å². The summed E-state index contributed by atoms with van der Waals surface area (Å²) in [5.41, 5.74) is 4.56. The number of ether oxygens (including phenoxy) is 1. The van der Waals surface area contributed by atoms with Gasteiger partial charge in [0.15, 0.2) is 0 Å². The van der Waals surface area contributed by atoms with Gasteiger partial charge in [-0.05, 0) is 43.3 Å². The van der Waals surface area contributed by atoms with Gasteiger partial charge in [0, 0.05) is 17.7 Å². The molecule has 118 valence electrons. The van der Waals surface area contributed by atoms with Crippen LogP contribution in [0.1, 0.15) is 17.8 Å². The van der Waals surface area contributed by atoms with Gasteiger partial charge < -0.3 is 14.2 Å². The summed E-state index contributed by atoms with van der Waals surface area (Å²) in [5.74, 6) is -0.0324. The van der Waals surface area contributed by atoms with Crippen molar-refractivity contribution in [2.75, 3.05) is 7.11 Å². The highest BCUT2D eigenvalue weighted by Gasteiger charge is 2.16. The molecule has 1 aromatic carbocycles. The summed E-state index contributed by atoms with van der Waals surface area (Å²) in [6, 6.07) is 13.5. The monoisotopic (exact) mass is 310 g/mol. The Morgan fingerprint density at radius 1 is 1.22 bits per heavy atom. The molecular formula is C18H18N2O3. The molecule has 3 aromatic rings. The average molecular weight is 310 g/mol. The van der Waals surface area contributed by atoms with E-state index in [1.54, 1.807) is 7.11 Å². The van der Waals surface area contributed by atoms with Gasteiger partial charge in [0.25, 0.3) is 0 Å². The normalized spacial score (nSPS) is 10.9. The maximum absolute atomic E-state index is 11.0. The van der Waals surface area contributed by atoms with Crippen molar-refractivity contribution in [1.29, 1.82) is 0 Å². The zero-order valence-corrected chi connectivity index (χ0v) is 13.1. The number of carboxylic acids is 1. The second-order valence-electron chi connectivity index (χ2n) is 5.39. The number of rotatable bonds is 5. The molecule has 0 spiro atoms. The zero-order valence-electron chi connectivity index (χ0n) is 13.1. The molecule has 0 saturated heterocycles. The van der Waals surface area contributed by atoms with E-state index in [9.17, 15) is 4.79 Å². The Labute approximate surface area is 134 Å². The molecule has 5 heteroatoms. The molecule has 0 bridgehead atoms. The Kier molecular flexibility index (Phi) is 4.02. The van der Waals surface area contributed by atoms with Gasteiger partial charge in [0.1, 0.15) is 11.4 Å². The van der Waals surface area contributed by atoms with Crippen molar-refractivity contribution in [3.63, 3.8) is 0 Å². The number of hydrogen-bond acceptors (Lipinski definition) is 3. The van der Waals surface area contributed by atoms with E-state index >= 15 is 0 Å². The summed E-state index contributed by atoms with van der Waals surface area (Å²) >= 11 is 0. The molecule has 0 aliphatic carbocycles. The molecule has 2 aromatic heterocycles. The number of fused-ring (bicyclic) bond motifs is 1. The molecule has 0 unspecified atom stereocenters. The van der Waals surface area contributed by atoms with Crippen LogP contribution in [-0.2, 0) is 11.2 Å². The van der Waals surface area contributed by atoms with Crippen molar-refractivity contribution in [3.8, 4) is 17.0 Å². The highest BCUT2D eigenvalue weighted by Crippen LogP contribution is 2.28. The molecule has 0 radical (unpaired) electrons. The summed E-state index contributed by atoms with van der Waals surface area (Å²) in [7, 11) is 1.63. The van der Waals surface area contributed by atoms with E-state index in [2.05, 4.69) is 0 Å². The van der Waals surface area contributed by atoms with E-state index in [0.29, 0.717) is 6.42 Å². The van der Waals surface area contributed by atoms with Crippen LogP contribution < -0.4 is 4.74 Å². The van der Waals surface area contributed by atoms with Crippen LogP contribution in [0, 0.1) is 6.92 Å². The van der Waals surface area contributed by atoms with Crippen molar-refractivity contribution >= 4 is 11.6 Å². The molecule has 0 fully saturated rings. The Hall–Kier alpha value is -2.82. The Balaban J connectivity index is 2.15. The molecule has 0 aliphatic rings. The van der Waals surface area contributed by atoms with Gasteiger partial charge in [0.2, 0.25) is 0 Å². The van der Waals surface area contributed by atoms with E-state index in [1.807, 2.05) is 53.8 Å². The fourth-order valence-corrected chi connectivity index (χ4v) is 2.76. The number of aromatic nitrogens is 2. The predicted octanol–water partition coefficient (Wildman–Crippen LogP) is 3.34. The minimum Gasteiger partial charge on any atom is -0.497 e. The van der Waals surface area contributed by atoms with Gasteiger partial charge in [-0.25, -0.2) is 4.98 Å². The van der Waals surface area contributed by atoms with Gasteiger partial charge >= 0.3 is 5.97 Å². The van der Waals surface area contributed by atoms with E-state index in [0.717, 1.165) is 34.0 Å². The summed E-state index contributed by atoms with van der Waals surface area (Å²) in [4.78, 5) is 15.7. The van der Waals surface area contributed by atoms with Crippen LogP contribution in [0.2, 0.25) is 0 Å². The first kappa shape index (κ1) is 15.1. The first-order valence-electron chi connectivity index (χ1n) is 7.43. The lowest BCUT2D eigenvalue weighted by molar-refractivity contribution is -0.136. The first-order valence-corrected chi connectivity index (χ1v) is 7.43. The number of aliphatic carboxylic acids is 1. The number of carbonyl (C=O) groups is 1. The molecule has 23 heavy (non-hydrogen) atoms. The van der Waals surface area contributed by atoms with E-state index in [1.165, 1.54) is 0 Å². The van der Waals surface area contributed by atoms with Crippen LogP contribution in [0.3, 0.4) is 0 Å². The smallest absolute Gasteiger partial charge is 0.303 e. The van der Waals surface area contributed by atoms with Crippen molar-refractivity contribution in [3.05, 3.63) is 53.9 Å². The Bertz CT molecular complexity index is 851. The summed E-state index contributed by atoms with van der Waals surface area (Å²) in [6.07, 6.45) is 0.508. The SMILES string of the molecule is COc1ccc(-c2nc3cccc(C)n3c2CCC(=O)O)cc1. The molecule has 5 nitrogen and oxygen atoms in total. The number of benzene rings is 1. The van der Waals surface area contributed by atoms with Crippen molar-refractivity contribution < 1.29 is 14.6 Å². The Morgan fingerprint density at radius 2 is 1.96 bits per heavy atom. The lowest BCUT2D eigenvalue weighted by Gasteiger charge is -2.07. The van der Waals surface area contributed by atoms with Crippen LogP contribution >= 0.6 is 0 Å². The standard InChI is InChI=1S/C18H18N2O3/c1-12-4-3-5-16-19-18(13-6-8-14(23-2)9-7-13)15(20(12)16)10-11-17(21)22/h3-9H,10-11H2,1-2H3,(H,21,22). The fourth-order valence-electron chi connectivity index (χ4n) is 2.76. The van der Waals surface area contributed by atoms with Gasteiger partial charge in [-0.1, -0.05) is 6.07 Å². The highest BCUT2D eigenvalue weighted by atomic mass is 16.5. The van der Waals surface area contributed by atoms with E-state index in [-0.39, 0.29) is 6.42 Å². The van der Waals surface area contributed by atoms with Crippen LogP contribution in [0.15, 0.2) is 42.5 Å². The number of methoxy groups -OCH3 is 1. The van der Waals surface area contributed by atoms with Crippen LogP contribution in [0.25, 0.3) is 16.9 Å². The molecular weight excluding hydrogens is 292 g/mol. The maximum Gasteiger partial charge on any atom is 0.303 e. The number of aryl methyl sites for hydroxylation is 2. The minimum atomic E-state index is -0.811. The molecule has 0 saturated carbocycles. The fraction of sp³-hybridized carbons (Fsp3) is 0.222. The number of hydrogen-bond donors (Lipinski definition) is 1. The number of pyridine rings is 1. The topological polar surface area (TPSA) is 63.8 Å². The summed E-state index contributed by atoms with van der Waals surface area (Å²) in [6.45, 7) is 2.00. The minimum absolute atomic E-state index is 0.0747. The third-order valence-electron chi connectivity index (χ3n) is 3.87. The van der Waals surface area contributed by atoms with Crippen LogP contribution in [0.5, 0.6) is 5.75 Å². The third-order valence-corrected chi connectivity index (χ3v) is 3.87. The van der Waals surface area contributed by atoms with Gasteiger partial charge in [-0.2, -0.15) is 0 Å². The first-order chi connectivity index (χ1) is 11.1. The third kappa shape index (κ3) is 2.90. The quantitative estimate of drug-likeness (QED) is 0.785. The lowest BCUT2D eigenvalue weighted by atomic mass is 10.1. The highest BCUT2D eigenvalue weighted by molar-refractivity contribution is 5.70. The number of carboxylic acid groups (broad SMARTS) is 1. The largest absolute Gasteiger partial charge is 0.497 e. The zero-order chi connectivity index (χ0) is 16.4. The van der Waals surface area contributed by atoms with Gasteiger partial charge in [0.05, 0.1) is 24.9 Å². The lowest BCUT2D eigenvalue weighted by Crippen LogP contribution is -2.03. The molecule has 3 rings (SSSR count). The number of nitrogens with zero attached hydrogens (tertiary/aromatic N) is 2. The molecule has 1 N–H and O–H groups in total. The second kappa shape index (κ2) is 6.12. The van der Waals surface area contributed by atoms with Gasteiger partial charge in [-0.3, -0.25) is 4.79 Å². The van der Waals surface area contributed by atoms with E-state index < -0.39 is 5.97 Å². The van der Waals surface area contributed by atoms with Crippen molar-refractivity contribution in [1.82, 2.24) is 9.38 Å². The van der Waals surface area contributed by atoms with Crippen molar-refractivity contribution in [2.45, 2.75) is 19.8 Å². The molecule has 0 atom stereocenters. The predicted molar refractivity (Wildman–Crippen MR) is 87.9 cm³/mol. The van der Waals surface area contributed by atoms with Crippen LogP contribution in [0.4, 0.5) is 0 Å². The molecule has 2 heterocycles. The second-order valence-corrected chi connectivity index (χ2v) is 5.39. The average Bonchev–Trinajstić information content (AvgIpc) is 2.93. The molecule has 0 aliphatic heterocycles. The maximum atomic E-state index is 11.0. The number of imidazole rings is 1. The molecule has 0 amide bonds.